The van der Waals surface area contributed by atoms with Gasteiger partial charge in [-0.05, 0) is 59.8 Å². The van der Waals surface area contributed by atoms with Gasteiger partial charge in [0.05, 0.1) is 38.2 Å². The number of hydrogen-bond donors (Lipinski definition) is 4. The molecule has 2 fully saturated rings. The lowest BCUT2D eigenvalue weighted by molar-refractivity contribution is -0.136. The highest BCUT2D eigenvalue weighted by Crippen LogP contribution is 2.33. The predicted molar refractivity (Wildman–Crippen MR) is 202 cm³/mol. The summed E-state index contributed by atoms with van der Waals surface area (Å²) in [4.78, 5) is 62.4. The zero-order valence-corrected chi connectivity index (χ0v) is 31.6. The Kier molecular flexibility index (Phi) is 12.8. The Balaban J connectivity index is 1.17. The van der Waals surface area contributed by atoms with Gasteiger partial charge in [-0.1, -0.05) is 82.8 Å². The first kappa shape index (κ1) is 38.9. The number of hydrogen-bond acceptors (Lipinski definition) is 8. The summed E-state index contributed by atoms with van der Waals surface area (Å²) >= 11 is 0. The van der Waals surface area contributed by atoms with E-state index in [9.17, 15) is 19.2 Å². The number of carbonyl (C=O) groups is 4. The summed E-state index contributed by atoms with van der Waals surface area (Å²) in [6.45, 7) is 13.6. The van der Waals surface area contributed by atoms with E-state index in [1.54, 1.807) is 11.1 Å². The standard InChI is InChI=1S/C40H53N7O6/c1-24(2)34(44-39(50)52-6)37(48)46-20-8-10-32(46)26(5)41-22-27-12-14-28(15-13-27)29-16-18-30(19-17-29)31-23-42-36(43-31)33-11-9-21-47(33)38(49)35(25(3)4)45-40(51)53-7/h12-19,23-25,32-35,41H,5,8-11,20-22H2,1-4,6-7H3,(H,42,43)(H,44,50)(H,45,51)/t32-,33-,34-,35-/m0/s1. The monoisotopic (exact) mass is 727 g/mol. The van der Waals surface area contributed by atoms with E-state index >= 15 is 0 Å². The van der Waals surface area contributed by atoms with Gasteiger partial charge in [0.25, 0.3) is 0 Å². The fourth-order valence-corrected chi connectivity index (χ4v) is 7.11. The van der Waals surface area contributed by atoms with Gasteiger partial charge < -0.3 is 40.2 Å². The van der Waals surface area contributed by atoms with Crippen LogP contribution in [0.4, 0.5) is 9.59 Å². The summed E-state index contributed by atoms with van der Waals surface area (Å²) < 4.78 is 9.48. The Labute approximate surface area is 311 Å². The molecular weight excluding hydrogens is 674 g/mol. The van der Waals surface area contributed by atoms with Gasteiger partial charge in [0.2, 0.25) is 11.8 Å². The highest BCUT2D eigenvalue weighted by atomic mass is 16.5. The van der Waals surface area contributed by atoms with Crippen LogP contribution in [0.2, 0.25) is 0 Å². The second-order valence-electron chi connectivity index (χ2n) is 14.4. The molecule has 2 aliphatic heterocycles. The molecule has 1 aromatic heterocycles. The Morgan fingerprint density at radius 2 is 1.30 bits per heavy atom. The molecule has 0 bridgehead atoms. The van der Waals surface area contributed by atoms with E-state index < -0.39 is 24.3 Å². The summed E-state index contributed by atoms with van der Waals surface area (Å²) in [7, 11) is 2.58. The average molecular weight is 728 g/mol. The number of H-pyrrole nitrogens is 1. The third-order valence-corrected chi connectivity index (χ3v) is 10.2. The lowest BCUT2D eigenvalue weighted by Crippen LogP contribution is -2.53. The smallest absolute Gasteiger partial charge is 0.407 e. The lowest BCUT2D eigenvalue weighted by Gasteiger charge is -2.32. The Morgan fingerprint density at radius 3 is 1.87 bits per heavy atom. The van der Waals surface area contributed by atoms with Crippen molar-refractivity contribution in [3.05, 3.63) is 78.4 Å². The van der Waals surface area contributed by atoms with Crippen molar-refractivity contribution in [1.82, 2.24) is 35.7 Å². The first-order valence-corrected chi connectivity index (χ1v) is 18.4. The van der Waals surface area contributed by atoms with Crippen molar-refractivity contribution in [1.29, 1.82) is 0 Å². The Bertz CT molecular complexity index is 1750. The first-order chi connectivity index (χ1) is 25.4. The minimum Gasteiger partial charge on any atom is -0.453 e. The van der Waals surface area contributed by atoms with Crippen LogP contribution in [-0.4, -0.2) is 89.2 Å². The van der Waals surface area contributed by atoms with Gasteiger partial charge in [-0.15, -0.1) is 0 Å². The molecule has 0 unspecified atom stereocenters. The molecule has 3 heterocycles. The van der Waals surface area contributed by atoms with Gasteiger partial charge in [-0.2, -0.15) is 0 Å². The number of aromatic amines is 1. The summed E-state index contributed by atoms with van der Waals surface area (Å²) in [6, 6.07) is 14.9. The molecule has 53 heavy (non-hydrogen) atoms. The highest BCUT2D eigenvalue weighted by molar-refractivity contribution is 5.87. The molecule has 5 rings (SSSR count). The molecule has 13 heteroatoms. The quantitative estimate of drug-likeness (QED) is 0.173. The molecule has 4 amide bonds. The minimum absolute atomic E-state index is 0.0911. The molecule has 0 aliphatic carbocycles. The number of nitrogens with one attached hydrogen (secondary N) is 4. The number of nitrogens with zero attached hydrogens (tertiary/aromatic N) is 3. The van der Waals surface area contributed by atoms with E-state index in [0.29, 0.717) is 19.6 Å². The second-order valence-corrected chi connectivity index (χ2v) is 14.4. The molecule has 284 valence electrons. The summed E-state index contributed by atoms with van der Waals surface area (Å²) in [5.41, 5.74) is 5.86. The molecule has 0 saturated carbocycles. The van der Waals surface area contributed by atoms with Crippen LogP contribution in [-0.2, 0) is 25.6 Å². The van der Waals surface area contributed by atoms with Crippen molar-refractivity contribution in [3.63, 3.8) is 0 Å². The summed E-state index contributed by atoms with van der Waals surface area (Å²) in [5, 5.41) is 8.81. The predicted octanol–water partition coefficient (Wildman–Crippen LogP) is 5.76. The van der Waals surface area contributed by atoms with Crippen molar-refractivity contribution in [2.75, 3.05) is 27.3 Å². The molecule has 0 spiro atoms. The summed E-state index contributed by atoms with van der Waals surface area (Å²) in [6.07, 6.45) is 3.87. The molecule has 13 nitrogen and oxygen atoms in total. The number of ether oxygens (including phenoxy) is 2. The second kappa shape index (κ2) is 17.5. The fourth-order valence-electron chi connectivity index (χ4n) is 7.11. The van der Waals surface area contributed by atoms with Crippen LogP contribution in [0, 0.1) is 11.8 Å². The first-order valence-electron chi connectivity index (χ1n) is 18.4. The molecule has 2 aliphatic rings. The van der Waals surface area contributed by atoms with Gasteiger partial charge >= 0.3 is 12.2 Å². The van der Waals surface area contributed by atoms with Crippen LogP contribution < -0.4 is 16.0 Å². The maximum Gasteiger partial charge on any atom is 0.407 e. The average Bonchev–Trinajstić information content (AvgIpc) is 3.96. The third kappa shape index (κ3) is 9.19. The molecule has 4 N–H and O–H groups in total. The van der Waals surface area contributed by atoms with E-state index in [4.69, 9.17) is 9.47 Å². The zero-order chi connectivity index (χ0) is 38.2. The van der Waals surface area contributed by atoms with E-state index in [0.717, 1.165) is 65.2 Å². The van der Waals surface area contributed by atoms with Gasteiger partial charge in [-0.25, -0.2) is 14.6 Å². The minimum atomic E-state index is -0.684. The number of imidazole rings is 1. The van der Waals surface area contributed by atoms with Crippen molar-refractivity contribution in [3.8, 4) is 22.4 Å². The van der Waals surface area contributed by atoms with Gasteiger partial charge in [0, 0.05) is 25.3 Å². The SMILES string of the molecule is C=C(NCc1ccc(-c2ccc(-c3cnc([C@@H]4CCCN4C(=O)[C@@H](NC(=O)OC)C(C)C)[nH]3)cc2)cc1)[C@@H]1CCCN1C(=O)[C@@H](NC(=O)OC)C(C)C. The van der Waals surface area contributed by atoms with Gasteiger partial charge in [0.15, 0.2) is 0 Å². The van der Waals surface area contributed by atoms with Crippen LogP contribution in [0.25, 0.3) is 22.4 Å². The molecule has 2 aromatic carbocycles. The van der Waals surface area contributed by atoms with Crippen molar-refractivity contribution < 1.29 is 28.7 Å². The zero-order valence-electron chi connectivity index (χ0n) is 31.6. The largest absolute Gasteiger partial charge is 0.453 e. The number of benzene rings is 2. The van der Waals surface area contributed by atoms with E-state index in [-0.39, 0.29) is 35.7 Å². The Morgan fingerprint density at radius 1 is 0.792 bits per heavy atom. The van der Waals surface area contributed by atoms with Gasteiger partial charge in [-0.3, -0.25) is 9.59 Å². The van der Waals surface area contributed by atoms with Crippen LogP contribution in [0.3, 0.4) is 0 Å². The molecule has 4 atom stereocenters. The van der Waals surface area contributed by atoms with Crippen LogP contribution in [0.1, 0.15) is 70.8 Å². The topological polar surface area (TPSA) is 158 Å². The van der Waals surface area contributed by atoms with Crippen LogP contribution in [0.5, 0.6) is 0 Å². The van der Waals surface area contributed by atoms with E-state index in [1.807, 2.05) is 32.6 Å². The van der Waals surface area contributed by atoms with Crippen LogP contribution >= 0.6 is 0 Å². The molecular formula is C40H53N7O6. The Hall–Kier alpha value is -5.33. The number of likely N-dealkylation sites (tertiary alicyclic amines) is 2. The normalized spacial score (nSPS) is 18.1. The fraction of sp³-hybridized carbons (Fsp3) is 0.475. The third-order valence-electron chi connectivity index (χ3n) is 10.2. The molecule has 0 radical (unpaired) electrons. The number of rotatable bonds is 13. The summed E-state index contributed by atoms with van der Waals surface area (Å²) in [5.74, 6) is 0.269. The number of carbonyl (C=O) groups excluding carboxylic acids is 4. The number of amides is 4. The van der Waals surface area contributed by atoms with Crippen molar-refractivity contribution >= 4 is 24.0 Å². The van der Waals surface area contributed by atoms with Crippen LogP contribution in [0.15, 0.2) is 67.0 Å². The van der Waals surface area contributed by atoms with E-state index in [1.165, 1.54) is 14.2 Å². The molecule has 2 saturated heterocycles. The van der Waals surface area contributed by atoms with E-state index in [2.05, 4.69) is 81.0 Å². The highest BCUT2D eigenvalue weighted by Gasteiger charge is 2.38. The maximum absolute atomic E-state index is 13.5. The lowest BCUT2D eigenvalue weighted by atomic mass is 10.0. The number of aromatic nitrogens is 2. The maximum atomic E-state index is 13.5. The van der Waals surface area contributed by atoms with Crippen molar-refractivity contribution in [2.24, 2.45) is 11.8 Å². The molecule has 3 aromatic rings. The van der Waals surface area contributed by atoms with Crippen molar-refractivity contribution in [2.45, 2.75) is 84.1 Å². The van der Waals surface area contributed by atoms with Gasteiger partial charge in [0.1, 0.15) is 17.9 Å². The number of methoxy groups -OCH3 is 2. The number of alkyl carbamates (subject to hydrolysis) is 2.